The first-order chi connectivity index (χ1) is 11.2. The van der Waals surface area contributed by atoms with E-state index in [-0.39, 0.29) is 17.2 Å². The van der Waals surface area contributed by atoms with Gasteiger partial charge in [-0.1, -0.05) is 25.0 Å². The molecule has 2 rings (SSSR count). The summed E-state index contributed by atoms with van der Waals surface area (Å²) in [5.41, 5.74) is 0.677. The van der Waals surface area contributed by atoms with Crippen LogP contribution in [0.4, 0.5) is 0 Å². The molecule has 0 bridgehead atoms. The molecule has 1 aromatic rings. The second kappa shape index (κ2) is 8.96. The van der Waals surface area contributed by atoms with E-state index >= 15 is 0 Å². The predicted octanol–water partition coefficient (Wildman–Crippen LogP) is 2.29. The zero-order valence-electron chi connectivity index (χ0n) is 13.3. The molecule has 1 fully saturated rings. The summed E-state index contributed by atoms with van der Waals surface area (Å²) in [5, 5.41) is 21.4. The minimum absolute atomic E-state index is 0.0477. The van der Waals surface area contributed by atoms with Gasteiger partial charge in [-0.3, -0.25) is 4.79 Å². The number of phenolic OH excluding ortho intramolecular Hbond substituents is 1. The Hall–Kier alpha value is -2.32. The number of aromatic hydroxyl groups is 1. The molecule has 1 amide bonds. The van der Waals surface area contributed by atoms with Gasteiger partial charge in [-0.2, -0.15) is 5.26 Å². The summed E-state index contributed by atoms with van der Waals surface area (Å²) in [4.78, 5) is 14.4. The summed E-state index contributed by atoms with van der Waals surface area (Å²) in [6.07, 6.45) is 6.49. The standard InChI is InChI=1S/C18H23N3O2/c19-14-16(12-15-6-5-7-17(22)13-15)18(23)20-8-11-21-9-3-1-2-4-10-21/h5-7,12-13,22H,1-4,8-11H2,(H,20,23)/b16-12+. The highest BCUT2D eigenvalue weighted by molar-refractivity contribution is 6.01. The summed E-state index contributed by atoms with van der Waals surface area (Å²) in [5.74, 6) is -0.261. The van der Waals surface area contributed by atoms with E-state index in [1.807, 2.05) is 6.07 Å². The Labute approximate surface area is 137 Å². The first-order valence-corrected chi connectivity index (χ1v) is 8.10. The molecule has 0 unspecified atom stereocenters. The minimum Gasteiger partial charge on any atom is -0.508 e. The maximum atomic E-state index is 12.1. The molecule has 1 heterocycles. The van der Waals surface area contributed by atoms with Gasteiger partial charge in [-0.05, 0) is 49.7 Å². The van der Waals surface area contributed by atoms with Crippen LogP contribution in [0.15, 0.2) is 29.8 Å². The lowest BCUT2D eigenvalue weighted by atomic mass is 10.1. The number of phenols is 1. The lowest BCUT2D eigenvalue weighted by Gasteiger charge is -2.19. The van der Waals surface area contributed by atoms with Crippen LogP contribution in [0.3, 0.4) is 0 Å². The molecule has 1 saturated heterocycles. The molecule has 0 spiro atoms. The highest BCUT2D eigenvalue weighted by atomic mass is 16.3. The van der Waals surface area contributed by atoms with Crippen LogP contribution < -0.4 is 5.32 Å². The monoisotopic (exact) mass is 313 g/mol. The SMILES string of the molecule is N#C/C(=C\c1cccc(O)c1)C(=O)NCCN1CCCCCC1. The zero-order valence-corrected chi connectivity index (χ0v) is 13.3. The molecule has 0 aliphatic carbocycles. The van der Waals surface area contributed by atoms with Gasteiger partial charge in [-0.15, -0.1) is 0 Å². The van der Waals surface area contributed by atoms with Crippen molar-refractivity contribution in [3.05, 3.63) is 35.4 Å². The molecule has 5 heteroatoms. The molecule has 23 heavy (non-hydrogen) atoms. The Balaban J connectivity index is 1.86. The van der Waals surface area contributed by atoms with E-state index in [0.29, 0.717) is 12.1 Å². The Morgan fingerprint density at radius 1 is 1.30 bits per heavy atom. The molecule has 1 aromatic carbocycles. The number of amides is 1. The van der Waals surface area contributed by atoms with Gasteiger partial charge in [-0.25, -0.2) is 0 Å². The van der Waals surface area contributed by atoms with Gasteiger partial charge in [0.2, 0.25) is 0 Å². The van der Waals surface area contributed by atoms with Crippen LogP contribution in [0.25, 0.3) is 6.08 Å². The van der Waals surface area contributed by atoms with Crippen LogP contribution in [-0.4, -0.2) is 42.1 Å². The van der Waals surface area contributed by atoms with E-state index in [0.717, 1.165) is 19.6 Å². The number of nitrogens with one attached hydrogen (secondary N) is 1. The van der Waals surface area contributed by atoms with Crippen LogP contribution in [0.2, 0.25) is 0 Å². The summed E-state index contributed by atoms with van der Waals surface area (Å²) in [6.45, 7) is 3.52. The van der Waals surface area contributed by atoms with E-state index in [9.17, 15) is 9.90 Å². The molecule has 0 radical (unpaired) electrons. The molecular weight excluding hydrogens is 290 g/mol. The molecule has 1 aliphatic rings. The minimum atomic E-state index is -0.370. The van der Waals surface area contributed by atoms with Crippen molar-refractivity contribution in [1.29, 1.82) is 5.26 Å². The molecule has 2 N–H and O–H groups in total. The van der Waals surface area contributed by atoms with Gasteiger partial charge in [0, 0.05) is 13.1 Å². The Morgan fingerprint density at radius 3 is 2.70 bits per heavy atom. The molecule has 0 aromatic heterocycles. The smallest absolute Gasteiger partial charge is 0.261 e. The van der Waals surface area contributed by atoms with Crippen molar-refractivity contribution in [3.8, 4) is 11.8 Å². The van der Waals surface area contributed by atoms with Gasteiger partial charge >= 0.3 is 0 Å². The number of hydrogen-bond acceptors (Lipinski definition) is 4. The number of likely N-dealkylation sites (tertiary alicyclic amines) is 1. The van der Waals surface area contributed by atoms with Crippen molar-refractivity contribution in [2.45, 2.75) is 25.7 Å². The molecular formula is C18H23N3O2. The van der Waals surface area contributed by atoms with Crippen molar-refractivity contribution in [2.24, 2.45) is 0 Å². The molecule has 5 nitrogen and oxygen atoms in total. The van der Waals surface area contributed by atoms with Crippen molar-refractivity contribution >= 4 is 12.0 Å². The molecule has 0 saturated carbocycles. The van der Waals surface area contributed by atoms with Crippen LogP contribution in [0.1, 0.15) is 31.2 Å². The van der Waals surface area contributed by atoms with Crippen molar-refractivity contribution in [2.75, 3.05) is 26.2 Å². The number of nitrogens with zero attached hydrogens (tertiary/aromatic N) is 2. The third kappa shape index (κ3) is 5.76. The van der Waals surface area contributed by atoms with E-state index in [2.05, 4.69) is 10.2 Å². The van der Waals surface area contributed by atoms with Crippen molar-refractivity contribution in [1.82, 2.24) is 10.2 Å². The summed E-state index contributed by atoms with van der Waals surface area (Å²) >= 11 is 0. The van der Waals surface area contributed by atoms with Crippen molar-refractivity contribution in [3.63, 3.8) is 0 Å². The van der Waals surface area contributed by atoms with E-state index in [4.69, 9.17) is 5.26 Å². The van der Waals surface area contributed by atoms with Crippen LogP contribution in [-0.2, 0) is 4.79 Å². The van der Waals surface area contributed by atoms with Gasteiger partial charge in [0.05, 0.1) is 0 Å². The second-order valence-corrected chi connectivity index (χ2v) is 5.78. The Kier molecular flexibility index (Phi) is 6.64. The molecule has 1 aliphatic heterocycles. The topological polar surface area (TPSA) is 76.4 Å². The van der Waals surface area contributed by atoms with Crippen molar-refractivity contribution < 1.29 is 9.90 Å². The number of hydrogen-bond donors (Lipinski definition) is 2. The van der Waals surface area contributed by atoms with E-state index in [1.165, 1.54) is 37.8 Å². The number of rotatable bonds is 5. The highest BCUT2D eigenvalue weighted by Gasteiger charge is 2.11. The van der Waals surface area contributed by atoms with Crippen LogP contribution in [0.5, 0.6) is 5.75 Å². The predicted molar refractivity (Wildman–Crippen MR) is 89.6 cm³/mol. The van der Waals surface area contributed by atoms with E-state index < -0.39 is 0 Å². The Bertz CT molecular complexity index is 597. The maximum Gasteiger partial charge on any atom is 0.261 e. The second-order valence-electron chi connectivity index (χ2n) is 5.78. The van der Waals surface area contributed by atoms with Gasteiger partial charge < -0.3 is 15.3 Å². The third-order valence-corrected chi connectivity index (χ3v) is 3.96. The van der Waals surface area contributed by atoms with Gasteiger partial charge in [0.1, 0.15) is 17.4 Å². The van der Waals surface area contributed by atoms with Gasteiger partial charge in [0.25, 0.3) is 5.91 Å². The third-order valence-electron chi connectivity index (χ3n) is 3.96. The molecule has 122 valence electrons. The number of carbonyl (C=O) groups is 1. The number of benzene rings is 1. The summed E-state index contributed by atoms with van der Waals surface area (Å²) in [6, 6.07) is 8.40. The number of carbonyl (C=O) groups excluding carboxylic acids is 1. The van der Waals surface area contributed by atoms with Crippen LogP contribution in [0, 0.1) is 11.3 Å². The molecule has 0 atom stereocenters. The first-order valence-electron chi connectivity index (χ1n) is 8.10. The first kappa shape index (κ1) is 17.0. The highest BCUT2D eigenvalue weighted by Crippen LogP contribution is 2.14. The average molecular weight is 313 g/mol. The fourth-order valence-corrected chi connectivity index (χ4v) is 2.71. The Morgan fingerprint density at radius 2 is 2.04 bits per heavy atom. The maximum absolute atomic E-state index is 12.1. The summed E-state index contributed by atoms with van der Waals surface area (Å²) in [7, 11) is 0. The summed E-state index contributed by atoms with van der Waals surface area (Å²) < 4.78 is 0. The van der Waals surface area contributed by atoms with Gasteiger partial charge in [0.15, 0.2) is 0 Å². The quantitative estimate of drug-likeness (QED) is 0.646. The zero-order chi connectivity index (χ0) is 16.5. The lowest BCUT2D eigenvalue weighted by molar-refractivity contribution is -0.117. The largest absolute Gasteiger partial charge is 0.508 e. The van der Waals surface area contributed by atoms with Crippen LogP contribution >= 0.6 is 0 Å². The fraction of sp³-hybridized carbons (Fsp3) is 0.444. The number of nitriles is 1. The normalized spacial score (nSPS) is 16.4. The fourth-order valence-electron chi connectivity index (χ4n) is 2.71. The van der Waals surface area contributed by atoms with E-state index in [1.54, 1.807) is 18.2 Å². The lowest BCUT2D eigenvalue weighted by Crippen LogP contribution is -2.35. The average Bonchev–Trinajstić information content (AvgIpc) is 2.81.